The van der Waals surface area contributed by atoms with Gasteiger partial charge < -0.3 is 0 Å². The Balaban J connectivity index is 2.44. The van der Waals surface area contributed by atoms with E-state index in [1.54, 1.807) is 6.07 Å². The number of hydrogen-bond acceptors (Lipinski definition) is 1. The molecule has 0 spiro atoms. The van der Waals surface area contributed by atoms with Gasteiger partial charge in [0.25, 0.3) is 0 Å². The highest BCUT2D eigenvalue weighted by molar-refractivity contribution is 6.33. The number of aromatic amines is 1. The molecule has 1 heterocycles. The summed E-state index contributed by atoms with van der Waals surface area (Å²) < 4.78 is 12.9. The maximum atomic E-state index is 12.9. The molecule has 0 saturated heterocycles. The van der Waals surface area contributed by atoms with Crippen LogP contribution < -0.4 is 0 Å². The zero-order valence-electron chi connectivity index (χ0n) is 10.0. The van der Waals surface area contributed by atoms with Gasteiger partial charge in [0.1, 0.15) is 5.82 Å². The monoisotopic (exact) mass is 252 g/mol. The predicted octanol–water partition coefficient (Wildman–Crippen LogP) is 4.17. The van der Waals surface area contributed by atoms with Crippen molar-refractivity contribution in [1.82, 2.24) is 10.2 Å². The minimum atomic E-state index is -0.342. The van der Waals surface area contributed by atoms with Crippen molar-refractivity contribution in [3.05, 3.63) is 40.8 Å². The highest BCUT2D eigenvalue weighted by Crippen LogP contribution is 2.30. The van der Waals surface area contributed by atoms with Crippen LogP contribution in [0.25, 0.3) is 11.3 Å². The van der Waals surface area contributed by atoms with Crippen LogP contribution in [0.2, 0.25) is 5.02 Å². The molecule has 1 N–H and O–H groups in total. The van der Waals surface area contributed by atoms with Gasteiger partial charge in [-0.1, -0.05) is 32.4 Å². The molecular weight excluding hydrogens is 239 g/mol. The van der Waals surface area contributed by atoms with E-state index in [0.717, 1.165) is 17.0 Å². The predicted molar refractivity (Wildman–Crippen MR) is 67.7 cm³/mol. The summed E-state index contributed by atoms with van der Waals surface area (Å²) in [7, 11) is 0. The Labute approximate surface area is 105 Å². The van der Waals surface area contributed by atoms with Crippen LogP contribution in [0.3, 0.4) is 0 Å². The molecule has 0 aliphatic carbocycles. The molecule has 17 heavy (non-hydrogen) atoms. The van der Waals surface area contributed by atoms with Crippen molar-refractivity contribution in [3.63, 3.8) is 0 Å². The lowest BCUT2D eigenvalue weighted by Crippen LogP contribution is -2.11. The van der Waals surface area contributed by atoms with Gasteiger partial charge in [0, 0.05) is 16.7 Å². The van der Waals surface area contributed by atoms with Crippen molar-refractivity contribution in [1.29, 1.82) is 0 Å². The topological polar surface area (TPSA) is 28.7 Å². The fraction of sp³-hybridized carbons (Fsp3) is 0.308. The van der Waals surface area contributed by atoms with Crippen LogP contribution in [0.5, 0.6) is 0 Å². The molecule has 0 bridgehead atoms. The van der Waals surface area contributed by atoms with Crippen molar-refractivity contribution in [2.24, 2.45) is 0 Å². The average Bonchev–Trinajstić information content (AvgIpc) is 2.65. The molecule has 0 atom stereocenters. The Morgan fingerprint density at radius 3 is 2.47 bits per heavy atom. The molecule has 0 aliphatic rings. The fourth-order valence-electron chi connectivity index (χ4n) is 1.54. The number of aromatic nitrogens is 2. The van der Waals surface area contributed by atoms with Gasteiger partial charge in [-0.05, 0) is 24.3 Å². The lowest BCUT2D eigenvalue weighted by Gasteiger charge is -2.14. The summed E-state index contributed by atoms with van der Waals surface area (Å²) in [5.41, 5.74) is 2.49. The van der Waals surface area contributed by atoms with Gasteiger partial charge in [-0.15, -0.1) is 0 Å². The minimum Gasteiger partial charge on any atom is -0.281 e. The van der Waals surface area contributed by atoms with Gasteiger partial charge in [-0.2, -0.15) is 5.10 Å². The first-order valence-electron chi connectivity index (χ1n) is 5.39. The van der Waals surface area contributed by atoms with Gasteiger partial charge >= 0.3 is 0 Å². The van der Waals surface area contributed by atoms with Crippen molar-refractivity contribution in [3.8, 4) is 11.3 Å². The van der Waals surface area contributed by atoms with E-state index < -0.39 is 0 Å². The van der Waals surface area contributed by atoms with Crippen LogP contribution in [0.1, 0.15) is 26.5 Å². The maximum absolute atomic E-state index is 12.9. The number of benzene rings is 1. The average molecular weight is 253 g/mol. The third-order valence-electron chi connectivity index (χ3n) is 2.59. The van der Waals surface area contributed by atoms with Crippen LogP contribution in [-0.4, -0.2) is 10.2 Å². The SMILES string of the molecule is CC(C)(C)c1cc(-c2ccc(F)cc2Cl)n[nH]1. The number of hydrogen-bond donors (Lipinski definition) is 1. The molecule has 90 valence electrons. The van der Waals surface area contributed by atoms with E-state index in [1.807, 2.05) is 6.07 Å². The van der Waals surface area contributed by atoms with Crippen molar-refractivity contribution in [2.75, 3.05) is 0 Å². The van der Waals surface area contributed by atoms with E-state index in [9.17, 15) is 4.39 Å². The Morgan fingerprint density at radius 2 is 1.94 bits per heavy atom. The van der Waals surface area contributed by atoms with E-state index in [1.165, 1.54) is 12.1 Å². The molecule has 0 unspecified atom stereocenters. The number of nitrogens with one attached hydrogen (secondary N) is 1. The normalized spacial score (nSPS) is 11.8. The van der Waals surface area contributed by atoms with Crippen molar-refractivity contribution < 1.29 is 4.39 Å². The smallest absolute Gasteiger partial charge is 0.124 e. The molecule has 0 saturated carbocycles. The zero-order valence-corrected chi connectivity index (χ0v) is 10.8. The van der Waals surface area contributed by atoms with Crippen LogP contribution in [0.4, 0.5) is 4.39 Å². The summed E-state index contributed by atoms with van der Waals surface area (Å²) in [5, 5.41) is 7.57. The number of rotatable bonds is 1. The van der Waals surface area contributed by atoms with Crippen LogP contribution in [-0.2, 0) is 5.41 Å². The molecule has 0 radical (unpaired) electrons. The largest absolute Gasteiger partial charge is 0.281 e. The molecule has 1 aromatic heterocycles. The van der Waals surface area contributed by atoms with Gasteiger partial charge in [0.15, 0.2) is 0 Å². The standard InChI is InChI=1S/C13H14ClFN2/c1-13(2,3)12-7-11(16-17-12)9-5-4-8(15)6-10(9)14/h4-7H,1-3H3,(H,16,17). The second-order valence-electron chi connectivity index (χ2n) is 5.04. The molecule has 0 aliphatic heterocycles. The lowest BCUT2D eigenvalue weighted by molar-refractivity contribution is 0.567. The molecule has 2 aromatic rings. The molecule has 0 fully saturated rings. The fourth-order valence-corrected chi connectivity index (χ4v) is 1.81. The van der Waals surface area contributed by atoms with Gasteiger partial charge in [-0.25, -0.2) is 4.39 Å². The highest BCUT2D eigenvalue weighted by Gasteiger charge is 2.18. The number of H-pyrrole nitrogens is 1. The summed E-state index contributed by atoms with van der Waals surface area (Å²) in [6.07, 6.45) is 0. The highest BCUT2D eigenvalue weighted by atomic mass is 35.5. The molecule has 2 rings (SSSR count). The Morgan fingerprint density at radius 1 is 1.24 bits per heavy atom. The van der Waals surface area contributed by atoms with Gasteiger partial charge in [0.2, 0.25) is 0 Å². The van der Waals surface area contributed by atoms with E-state index in [2.05, 4.69) is 31.0 Å². The Bertz CT molecular complexity index is 541. The zero-order chi connectivity index (χ0) is 12.6. The molecule has 4 heteroatoms. The van der Waals surface area contributed by atoms with E-state index >= 15 is 0 Å². The van der Waals surface area contributed by atoms with Crippen LogP contribution in [0.15, 0.2) is 24.3 Å². The Kier molecular flexibility index (Phi) is 2.96. The van der Waals surface area contributed by atoms with E-state index in [4.69, 9.17) is 11.6 Å². The third kappa shape index (κ3) is 2.50. The Hall–Kier alpha value is -1.35. The van der Waals surface area contributed by atoms with Gasteiger partial charge in [0.05, 0.1) is 10.7 Å². The first-order valence-corrected chi connectivity index (χ1v) is 5.77. The maximum Gasteiger partial charge on any atom is 0.124 e. The lowest BCUT2D eigenvalue weighted by atomic mass is 9.92. The minimum absolute atomic E-state index is 0.00223. The molecular formula is C13H14ClFN2. The summed E-state index contributed by atoms with van der Waals surface area (Å²) >= 11 is 5.99. The van der Waals surface area contributed by atoms with E-state index in [0.29, 0.717) is 5.02 Å². The van der Waals surface area contributed by atoms with Gasteiger partial charge in [-0.3, -0.25) is 5.10 Å². The molecule has 2 nitrogen and oxygen atoms in total. The van der Waals surface area contributed by atoms with Crippen molar-refractivity contribution >= 4 is 11.6 Å². The number of halogens is 2. The van der Waals surface area contributed by atoms with E-state index in [-0.39, 0.29) is 11.2 Å². The first-order chi connectivity index (χ1) is 7.88. The van der Waals surface area contributed by atoms with Crippen molar-refractivity contribution in [2.45, 2.75) is 26.2 Å². The van der Waals surface area contributed by atoms with Crippen LogP contribution in [0, 0.1) is 5.82 Å². The second-order valence-corrected chi connectivity index (χ2v) is 5.45. The molecule has 0 amide bonds. The molecule has 1 aromatic carbocycles. The van der Waals surface area contributed by atoms with Crippen LogP contribution >= 0.6 is 11.6 Å². The summed E-state index contributed by atoms with van der Waals surface area (Å²) in [5.74, 6) is -0.342. The summed E-state index contributed by atoms with van der Waals surface area (Å²) in [6, 6.07) is 6.26. The number of nitrogens with zero attached hydrogens (tertiary/aromatic N) is 1. The summed E-state index contributed by atoms with van der Waals surface area (Å²) in [4.78, 5) is 0. The third-order valence-corrected chi connectivity index (χ3v) is 2.91. The quantitative estimate of drug-likeness (QED) is 0.811. The first kappa shape index (κ1) is 12.1. The summed E-state index contributed by atoms with van der Waals surface area (Å²) in [6.45, 7) is 6.28. The second kappa shape index (κ2) is 4.15.